The van der Waals surface area contributed by atoms with Crippen LogP contribution < -0.4 is 10.5 Å². The van der Waals surface area contributed by atoms with Gasteiger partial charge in [-0.05, 0) is 31.2 Å². The standard InChI is InChI=1S/C16H16ClNO2/c1-10-3-6-16(20-2)12(7-10)9-15(19)11-4-5-14(18)13(17)8-11/h3-8H,9,18H2,1-2H3. The van der Waals surface area contributed by atoms with Gasteiger partial charge >= 0.3 is 0 Å². The number of carbonyl (C=O) groups excluding carboxylic acids is 1. The molecule has 2 aromatic rings. The average molecular weight is 290 g/mol. The highest BCUT2D eigenvalue weighted by molar-refractivity contribution is 6.33. The third-order valence-electron chi connectivity index (χ3n) is 3.11. The summed E-state index contributed by atoms with van der Waals surface area (Å²) in [5, 5.41) is 0.395. The molecule has 4 heteroatoms. The first-order valence-electron chi connectivity index (χ1n) is 6.23. The Morgan fingerprint density at radius 2 is 2.00 bits per heavy atom. The van der Waals surface area contributed by atoms with Crippen molar-refractivity contribution in [1.29, 1.82) is 0 Å². The van der Waals surface area contributed by atoms with E-state index in [1.165, 1.54) is 0 Å². The van der Waals surface area contributed by atoms with E-state index >= 15 is 0 Å². The van der Waals surface area contributed by atoms with Gasteiger partial charge in [0.25, 0.3) is 0 Å². The molecule has 0 aliphatic heterocycles. The van der Waals surface area contributed by atoms with E-state index in [9.17, 15) is 4.79 Å². The number of ketones is 1. The molecule has 2 rings (SSSR count). The summed E-state index contributed by atoms with van der Waals surface area (Å²) >= 11 is 5.94. The zero-order chi connectivity index (χ0) is 14.7. The summed E-state index contributed by atoms with van der Waals surface area (Å²) in [5.74, 6) is 0.696. The van der Waals surface area contributed by atoms with Crippen LogP contribution in [0, 0.1) is 6.92 Å². The Kier molecular flexibility index (Phi) is 4.30. The van der Waals surface area contributed by atoms with E-state index < -0.39 is 0 Å². The van der Waals surface area contributed by atoms with Crippen LogP contribution in [-0.4, -0.2) is 12.9 Å². The molecule has 0 aliphatic carbocycles. The van der Waals surface area contributed by atoms with E-state index in [0.29, 0.717) is 22.0 Å². The van der Waals surface area contributed by atoms with Crippen LogP contribution in [0.5, 0.6) is 5.75 Å². The number of halogens is 1. The number of nitrogen functional groups attached to an aromatic ring is 1. The summed E-state index contributed by atoms with van der Waals surface area (Å²) in [5.41, 5.74) is 8.61. The zero-order valence-corrected chi connectivity index (χ0v) is 12.2. The van der Waals surface area contributed by atoms with Crippen molar-refractivity contribution in [1.82, 2.24) is 0 Å². The van der Waals surface area contributed by atoms with Gasteiger partial charge in [-0.3, -0.25) is 4.79 Å². The predicted molar refractivity (Wildman–Crippen MR) is 81.6 cm³/mol. The number of benzene rings is 2. The second-order valence-corrected chi connectivity index (χ2v) is 5.06. The third kappa shape index (κ3) is 3.11. The number of Topliss-reactive ketones (excluding diaryl/α,β-unsaturated/α-hetero) is 1. The molecule has 0 atom stereocenters. The molecule has 0 aliphatic rings. The highest BCUT2D eigenvalue weighted by Crippen LogP contribution is 2.24. The molecular formula is C16H16ClNO2. The lowest BCUT2D eigenvalue weighted by Gasteiger charge is -2.09. The van der Waals surface area contributed by atoms with Gasteiger partial charge in [0.15, 0.2) is 5.78 Å². The minimum atomic E-state index is -0.0178. The van der Waals surface area contributed by atoms with Gasteiger partial charge in [-0.2, -0.15) is 0 Å². The minimum absolute atomic E-state index is 0.0178. The van der Waals surface area contributed by atoms with Crippen molar-refractivity contribution in [2.24, 2.45) is 0 Å². The fraction of sp³-hybridized carbons (Fsp3) is 0.188. The molecule has 2 N–H and O–H groups in total. The van der Waals surface area contributed by atoms with Gasteiger partial charge in [-0.1, -0.05) is 29.3 Å². The lowest BCUT2D eigenvalue weighted by Crippen LogP contribution is -2.05. The SMILES string of the molecule is COc1ccc(C)cc1CC(=O)c1ccc(N)c(Cl)c1. The zero-order valence-electron chi connectivity index (χ0n) is 11.4. The number of rotatable bonds is 4. The van der Waals surface area contributed by atoms with Crippen molar-refractivity contribution < 1.29 is 9.53 Å². The Morgan fingerprint density at radius 1 is 1.25 bits per heavy atom. The van der Waals surface area contributed by atoms with Crippen LogP contribution >= 0.6 is 11.6 Å². The average Bonchev–Trinajstić information content (AvgIpc) is 2.42. The second-order valence-electron chi connectivity index (χ2n) is 4.65. The Hall–Kier alpha value is -2.00. The quantitative estimate of drug-likeness (QED) is 0.690. The highest BCUT2D eigenvalue weighted by atomic mass is 35.5. The minimum Gasteiger partial charge on any atom is -0.496 e. The summed E-state index contributed by atoms with van der Waals surface area (Å²) in [6.07, 6.45) is 0.269. The smallest absolute Gasteiger partial charge is 0.167 e. The molecule has 0 amide bonds. The molecule has 0 saturated heterocycles. The van der Waals surface area contributed by atoms with E-state index in [1.807, 2.05) is 25.1 Å². The van der Waals surface area contributed by atoms with E-state index in [0.717, 1.165) is 11.1 Å². The highest BCUT2D eigenvalue weighted by Gasteiger charge is 2.12. The van der Waals surface area contributed by atoms with Crippen molar-refractivity contribution in [3.8, 4) is 5.75 Å². The van der Waals surface area contributed by atoms with Crippen molar-refractivity contribution in [2.45, 2.75) is 13.3 Å². The molecule has 2 aromatic carbocycles. The molecule has 0 radical (unpaired) electrons. The summed E-state index contributed by atoms with van der Waals surface area (Å²) in [6.45, 7) is 1.98. The van der Waals surface area contributed by atoms with E-state index in [2.05, 4.69) is 0 Å². The predicted octanol–water partition coefficient (Wildman–Crippen LogP) is 3.66. The van der Waals surface area contributed by atoms with Crippen LogP contribution in [-0.2, 0) is 6.42 Å². The number of methoxy groups -OCH3 is 1. The van der Waals surface area contributed by atoms with Gasteiger partial charge in [-0.15, -0.1) is 0 Å². The summed E-state index contributed by atoms with van der Waals surface area (Å²) < 4.78 is 5.28. The maximum absolute atomic E-state index is 12.3. The van der Waals surface area contributed by atoms with Gasteiger partial charge < -0.3 is 10.5 Å². The van der Waals surface area contributed by atoms with Gasteiger partial charge in [-0.25, -0.2) is 0 Å². The first-order chi connectivity index (χ1) is 9.51. The Bertz CT molecular complexity index is 653. The first kappa shape index (κ1) is 14.4. The molecule has 0 fully saturated rings. The molecule has 0 heterocycles. The van der Waals surface area contributed by atoms with Crippen molar-refractivity contribution >= 4 is 23.1 Å². The first-order valence-corrected chi connectivity index (χ1v) is 6.61. The molecule has 104 valence electrons. The number of anilines is 1. The molecular weight excluding hydrogens is 274 g/mol. The van der Waals surface area contributed by atoms with Crippen LogP contribution in [0.4, 0.5) is 5.69 Å². The fourth-order valence-corrected chi connectivity index (χ4v) is 2.20. The third-order valence-corrected chi connectivity index (χ3v) is 3.44. The van der Waals surface area contributed by atoms with Gasteiger partial charge in [0.1, 0.15) is 5.75 Å². The number of hydrogen-bond acceptors (Lipinski definition) is 3. The Labute approximate surface area is 123 Å². The largest absolute Gasteiger partial charge is 0.496 e. The van der Waals surface area contributed by atoms with Crippen LogP contribution in [0.3, 0.4) is 0 Å². The van der Waals surface area contributed by atoms with Crippen molar-refractivity contribution in [3.05, 3.63) is 58.1 Å². The van der Waals surface area contributed by atoms with Crippen LogP contribution in [0.25, 0.3) is 0 Å². The number of hydrogen-bond donors (Lipinski definition) is 1. The van der Waals surface area contributed by atoms with Gasteiger partial charge in [0.05, 0.1) is 17.8 Å². The normalized spacial score (nSPS) is 10.3. The van der Waals surface area contributed by atoms with Gasteiger partial charge in [0.2, 0.25) is 0 Å². The lowest BCUT2D eigenvalue weighted by atomic mass is 10.0. The molecule has 20 heavy (non-hydrogen) atoms. The number of carbonyl (C=O) groups is 1. The maximum atomic E-state index is 12.3. The monoisotopic (exact) mass is 289 g/mol. The second kappa shape index (κ2) is 5.97. The molecule has 0 unspecified atom stereocenters. The maximum Gasteiger partial charge on any atom is 0.167 e. The van der Waals surface area contributed by atoms with Crippen LogP contribution in [0.2, 0.25) is 5.02 Å². The molecule has 0 spiro atoms. The fourth-order valence-electron chi connectivity index (χ4n) is 2.02. The van der Waals surface area contributed by atoms with Crippen LogP contribution in [0.15, 0.2) is 36.4 Å². The van der Waals surface area contributed by atoms with E-state index in [-0.39, 0.29) is 12.2 Å². The summed E-state index contributed by atoms with van der Waals surface area (Å²) in [7, 11) is 1.60. The summed E-state index contributed by atoms with van der Waals surface area (Å²) in [4.78, 5) is 12.3. The Balaban J connectivity index is 2.27. The molecule has 0 aromatic heterocycles. The Morgan fingerprint density at radius 3 is 2.65 bits per heavy atom. The summed E-state index contributed by atoms with van der Waals surface area (Å²) in [6, 6.07) is 10.7. The number of ether oxygens (including phenoxy) is 1. The van der Waals surface area contributed by atoms with Crippen molar-refractivity contribution in [2.75, 3.05) is 12.8 Å². The molecule has 0 bridgehead atoms. The number of aryl methyl sites for hydroxylation is 1. The van der Waals surface area contributed by atoms with Crippen molar-refractivity contribution in [3.63, 3.8) is 0 Å². The van der Waals surface area contributed by atoms with E-state index in [1.54, 1.807) is 25.3 Å². The lowest BCUT2D eigenvalue weighted by molar-refractivity contribution is 0.0992. The van der Waals surface area contributed by atoms with E-state index in [4.69, 9.17) is 22.1 Å². The van der Waals surface area contributed by atoms with Gasteiger partial charge in [0, 0.05) is 17.5 Å². The topological polar surface area (TPSA) is 52.3 Å². The van der Waals surface area contributed by atoms with Crippen LogP contribution in [0.1, 0.15) is 21.5 Å². The number of nitrogens with two attached hydrogens (primary N) is 1. The molecule has 0 saturated carbocycles. The molecule has 3 nitrogen and oxygen atoms in total.